The number of nitrogens with zero attached hydrogens (tertiary/aromatic N) is 1. The quantitative estimate of drug-likeness (QED) is 0.887. The van der Waals surface area contributed by atoms with E-state index in [0.717, 1.165) is 18.7 Å². The summed E-state index contributed by atoms with van der Waals surface area (Å²) in [5.41, 5.74) is 2.41. The van der Waals surface area contributed by atoms with Gasteiger partial charge in [0.15, 0.2) is 0 Å². The van der Waals surface area contributed by atoms with Crippen LogP contribution in [0.1, 0.15) is 11.1 Å². The molecule has 1 saturated heterocycles. The topological polar surface area (TPSA) is 41.8 Å². The number of rotatable bonds is 4. The van der Waals surface area contributed by atoms with Crippen molar-refractivity contribution in [3.63, 3.8) is 0 Å². The van der Waals surface area contributed by atoms with Gasteiger partial charge in [0.05, 0.1) is 26.2 Å². The lowest BCUT2D eigenvalue weighted by molar-refractivity contribution is -0.917. The van der Waals surface area contributed by atoms with Gasteiger partial charge in [0, 0.05) is 11.6 Å². The van der Waals surface area contributed by atoms with Crippen LogP contribution >= 0.6 is 0 Å². The minimum atomic E-state index is -3.93. The van der Waals surface area contributed by atoms with Crippen molar-refractivity contribution in [2.75, 3.05) is 26.2 Å². The molecule has 2 aromatic rings. The highest BCUT2D eigenvalue weighted by atomic mass is 32.2. The number of hydrogen-bond donors (Lipinski definition) is 1. The largest absolute Gasteiger partial charge is 0.329 e. The Morgan fingerprint density at radius 3 is 2.28 bits per heavy atom. The minimum Gasteiger partial charge on any atom is -0.329 e. The Labute approximate surface area is 146 Å². The van der Waals surface area contributed by atoms with Crippen LogP contribution in [-0.4, -0.2) is 38.9 Å². The van der Waals surface area contributed by atoms with E-state index in [1.54, 1.807) is 0 Å². The van der Waals surface area contributed by atoms with Gasteiger partial charge in [-0.15, -0.1) is 0 Å². The molecule has 0 aromatic heterocycles. The average molecular weight is 367 g/mol. The SMILES string of the molecule is Cc1ccc(C[NH+]2CCN(S(=O)(=O)c3ccc(F)cc3F)CC2)cc1. The van der Waals surface area contributed by atoms with Gasteiger partial charge in [-0.3, -0.25) is 0 Å². The molecule has 2 aromatic carbocycles. The van der Waals surface area contributed by atoms with Gasteiger partial charge in [-0.05, 0) is 19.1 Å². The third kappa shape index (κ3) is 4.05. The second-order valence-electron chi connectivity index (χ2n) is 6.39. The fraction of sp³-hybridized carbons (Fsp3) is 0.333. The summed E-state index contributed by atoms with van der Waals surface area (Å²) in [7, 11) is -3.93. The first-order valence-corrected chi connectivity index (χ1v) is 9.64. The van der Waals surface area contributed by atoms with E-state index in [0.29, 0.717) is 32.2 Å². The molecule has 0 atom stereocenters. The highest BCUT2D eigenvalue weighted by molar-refractivity contribution is 7.89. The molecule has 134 valence electrons. The molecule has 0 radical (unpaired) electrons. The lowest BCUT2D eigenvalue weighted by atomic mass is 10.1. The van der Waals surface area contributed by atoms with Crippen LogP contribution in [0.4, 0.5) is 8.78 Å². The molecule has 0 bridgehead atoms. The summed E-state index contributed by atoms with van der Waals surface area (Å²) in [6, 6.07) is 10.9. The summed E-state index contributed by atoms with van der Waals surface area (Å²) in [6.45, 7) is 4.81. The zero-order chi connectivity index (χ0) is 18.0. The molecule has 25 heavy (non-hydrogen) atoms. The van der Waals surface area contributed by atoms with Crippen molar-refractivity contribution in [1.82, 2.24) is 4.31 Å². The first-order chi connectivity index (χ1) is 11.9. The Balaban J connectivity index is 1.66. The Morgan fingerprint density at radius 2 is 1.68 bits per heavy atom. The summed E-state index contributed by atoms with van der Waals surface area (Å²) in [6.07, 6.45) is 0. The van der Waals surface area contributed by atoms with Crippen molar-refractivity contribution in [2.24, 2.45) is 0 Å². The van der Waals surface area contributed by atoms with E-state index in [1.165, 1.54) is 20.3 Å². The summed E-state index contributed by atoms with van der Waals surface area (Å²) in [5, 5.41) is 0. The van der Waals surface area contributed by atoms with Crippen molar-refractivity contribution in [1.29, 1.82) is 0 Å². The molecule has 0 unspecified atom stereocenters. The molecule has 0 spiro atoms. The molecule has 1 fully saturated rings. The number of quaternary nitrogens is 1. The van der Waals surface area contributed by atoms with Crippen molar-refractivity contribution in [3.05, 3.63) is 65.2 Å². The van der Waals surface area contributed by atoms with Crippen LogP contribution in [0.25, 0.3) is 0 Å². The molecule has 0 saturated carbocycles. The Hall–Kier alpha value is -1.83. The normalized spacial score (nSPS) is 16.9. The van der Waals surface area contributed by atoms with E-state index in [2.05, 4.69) is 24.3 Å². The molecule has 1 heterocycles. The highest BCUT2D eigenvalue weighted by Gasteiger charge is 2.32. The predicted molar refractivity (Wildman–Crippen MR) is 90.7 cm³/mol. The summed E-state index contributed by atoms with van der Waals surface area (Å²) >= 11 is 0. The fourth-order valence-electron chi connectivity index (χ4n) is 3.04. The van der Waals surface area contributed by atoms with Crippen LogP contribution in [0.3, 0.4) is 0 Å². The van der Waals surface area contributed by atoms with Crippen LogP contribution in [0.15, 0.2) is 47.4 Å². The smallest absolute Gasteiger partial charge is 0.246 e. The van der Waals surface area contributed by atoms with E-state index < -0.39 is 26.6 Å². The van der Waals surface area contributed by atoms with Gasteiger partial charge in [0.25, 0.3) is 0 Å². The lowest BCUT2D eigenvalue weighted by Crippen LogP contribution is -3.13. The third-order valence-electron chi connectivity index (χ3n) is 4.52. The van der Waals surface area contributed by atoms with Crippen LogP contribution in [-0.2, 0) is 16.6 Å². The lowest BCUT2D eigenvalue weighted by Gasteiger charge is -2.31. The first kappa shape index (κ1) is 18.0. The highest BCUT2D eigenvalue weighted by Crippen LogP contribution is 2.20. The second kappa shape index (κ2) is 7.19. The van der Waals surface area contributed by atoms with Crippen molar-refractivity contribution >= 4 is 10.0 Å². The van der Waals surface area contributed by atoms with Gasteiger partial charge in [-0.1, -0.05) is 29.8 Å². The first-order valence-electron chi connectivity index (χ1n) is 8.20. The van der Waals surface area contributed by atoms with E-state index >= 15 is 0 Å². The third-order valence-corrected chi connectivity index (χ3v) is 6.45. The van der Waals surface area contributed by atoms with Gasteiger partial charge in [-0.25, -0.2) is 17.2 Å². The minimum absolute atomic E-state index is 0.320. The monoisotopic (exact) mass is 367 g/mol. The predicted octanol–water partition coefficient (Wildman–Crippen LogP) is 1.36. The molecule has 0 amide bonds. The van der Waals surface area contributed by atoms with E-state index in [1.807, 2.05) is 6.92 Å². The van der Waals surface area contributed by atoms with Crippen LogP contribution < -0.4 is 4.90 Å². The molecule has 1 N–H and O–H groups in total. The number of sulfonamides is 1. The molecular weight excluding hydrogens is 346 g/mol. The standard InChI is InChI=1S/C18H20F2N2O2S/c1-14-2-4-15(5-3-14)13-21-8-10-22(11-9-21)25(23,24)18-7-6-16(19)12-17(18)20/h2-7,12H,8-11,13H2,1H3/p+1. The number of halogens is 2. The summed E-state index contributed by atoms with van der Waals surface area (Å²) < 4.78 is 53.3. The average Bonchev–Trinajstić information content (AvgIpc) is 2.57. The zero-order valence-electron chi connectivity index (χ0n) is 14.0. The Kier molecular flexibility index (Phi) is 5.17. The number of aryl methyl sites for hydroxylation is 1. The summed E-state index contributed by atoms with van der Waals surface area (Å²) in [5.74, 6) is -1.83. The molecule has 1 aliphatic heterocycles. The Bertz CT molecular complexity index is 846. The number of piperazine rings is 1. The number of hydrogen-bond acceptors (Lipinski definition) is 2. The molecule has 4 nitrogen and oxygen atoms in total. The van der Waals surface area contributed by atoms with Crippen LogP contribution in [0.5, 0.6) is 0 Å². The summed E-state index contributed by atoms with van der Waals surface area (Å²) in [4.78, 5) is 0.825. The van der Waals surface area contributed by atoms with Gasteiger partial charge in [-0.2, -0.15) is 4.31 Å². The Morgan fingerprint density at radius 1 is 1.04 bits per heavy atom. The molecule has 0 aliphatic carbocycles. The maximum Gasteiger partial charge on any atom is 0.246 e. The van der Waals surface area contributed by atoms with E-state index in [9.17, 15) is 17.2 Å². The zero-order valence-corrected chi connectivity index (χ0v) is 14.8. The van der Waals surface area contributed by atoms with Crippen LogP contribution in [0, 0.1) is 18.6 Å². The molecule has 1 aliphatic rings. The number of nitrogens with one attached hydrogen (secondary N) is 1. The van der Waals surface area contributed by atoms with E-state index in [-0.39, 0.29) is 0 Å². The van der Waals surface area contributed by atoms with Gasteiger partial charge in [0.2, 0.25) is 10.0 Å². The van der Waals surface area contributed by atoms with Gasteiger partial charge < -0.3 is 4.90 Å². The maximum atomic E-state index is 13.8. The van der Waals surface area contributed by atoms with Crippen molar-refractivity contribution in [2.45, 2.75) is 18.4 Å². The van der Waals surface area contributed by atoms with Gasteiger partial charge >= 0.3 is 0 Å². The fourth-order valence-corrected chi connectivity index (χ4v) is 4.52. The van der Waals surface area contributed by atoms with Crippen LogP contribution in [0.2, 0.25) is 0 Å². The molecule has 7 heteroatoms. The van der Waals surface area contributed by atoms with Crippen molar-refractivity contribution in [3.8, 4) is 0 Å². The number of benzene rings is 2. The van der Waals surface area contributed by atoms with Gasteiger partial charge in [0.1, 0.15) is 23.1 Å². The molecular formula is C18H21F2N2O2S+. The maximum absolute atomic E-state index is 13.8. The molecule has 3 rings (SSSR count). The van der Waals surface area contributed by atoms with Crippen molar-refractivity contribution < 1.29 is 22.1 Å². The van der Waals surface area contributed by atoms with E-state index in [4.69, 9.17) is 0 Å². The second-order valence-corrected chi connectivity index (χ2v) is 8.30.